The molecule has 1 unspecified atom stereocenters. The Balaban J connectivity index is 2.52. The average Bonchev–Trinajstić information content (AvgIpc) is 2.36. The molecule has 1 aliphatic heterocycles. The molecule has 5 heteroatoms. The minimum absolute atomic E-state index is 0.386. The summed E-state index contributed by atoms with van der Waals surface area (Å²) in [5, 5.41) is 10.4. The summed E-state index contributed by atoms with van der Waals surface area (Å²) >= 11 is 2.31. The molecule has 0 saturated heterocycles. The summed E-state index contributed by atoms with van der Waals surface area (Å²) in [6.45, 7) is 0.820. The SMILES string of the molecule is IC1CN=Cc2[nH]nnc21. The van der Waals surface area contributed by atoms with Crippen molar-refractivity contribution in [2.45, 2.75) is 3.92 Å². The van der Waals surface area contributed by atoms with Crippen molar-refractivity contribution in [3.05, 3.63) is 11.4 Å². The minimum Gasteiger partial charge on any atom is -0.289 e. The Bertz CT molecular complexity index is 266. The highest BCUT2D eigenvalue weighted by atomic mass is 127. The number of hydrogen-bond acceptors (Lipinski definition) is 3. The summed E-state index contributed by atoms with van der Waals surface area (Å²) in [6, 6.07) is 0. The molecule has 0 saturated carbocycles. The van der Waals surface area contributed by atoms with Gasteiger partial charge in [0.05, 0.1) is 10.5 Å². The zero-order valence-corrected chi connectivity index (χ0v) is 7.24. The van der Waals surface area contributed by atoms with Gasteiger partial charge in [-0.25, -0.2) is 0 Å². The predicted octanol–water partition coefficient (Wildman–Crippen LogP) is 0.713. The van der Waals surface area contributed by atoms with Crippen molar-refractivity contribution in [2.75, 3.05) is 6.54 Å². The van der Waals surface area contributed by atoms with Crippen LogP contribution < -0.4 is 0 Å². The molecule has 0 radical (unpaired) electrons. The number of alkyl halides is 1. The van der Waals surface area contributed by atoms with E-state index in [0.29, 0.717) is 3.92 Å². The standard InChI is InChI=1S/C5H5IN4/c6-3-1-7-2-4-5(3)9-10-8-4/h2-3H,1H2,(H,8,9,10). The molecule has 0 aliphatic carbocycles. The van der Waals surface area contributed by atoms with Crippen molar-refractivity contribution < 1.29 is 0 Å². The van der Waals surface area contributed by atoms with Crippen LogP contribution >= 0.6 is 22.6 Å². The molecule has 10 heavy (non-hydrogen) atoms. The van der Waals surface area contributed by atoms with Crippen molar-refractivity contribution in [2.24, 2.45) is 4.99 Å². The fraction of sp³-hybridized carbons (Fsp3) is 0.400. The molecule has 0 fully saturated rings. The Morgan fingerprint density at radius 3 is 3.40 bits per heavy atom. The van der Waals surface area contributed by atoms with Gasteiger partial charge in [-0.05, 0) is 0 Å². The Morgan fingerprint density at radius 1 is 1.70 bits per heavy atom. The summed E-state index contributed by atoms with van der Waals surface area (Å²) in [6.07, 6.45) is 1.78. The van der Waals surface area contributed by atoms with Crippen LogP contribution in [0.4, 0.5) is 0 Å². The summed E-state index contributed by atoms with van der Waals surface area (Å²) in [7, 11) is 0. The van der Waals surface area contributed by atoms with Gasteiger partial charge in [0, 0.05) is 6.21 Å². The van der Waals surface area contributed by atoms with Gasteiger partial charge in [-0.1, -0.05) is 27.8 Å². The van der Waals surface area contributed by atoms with Gasteiger partial charge < -0.3 is 0 Å². The molecule has 0 bridgehead atoms. The highest BCUT2D eigenvalue weighted by Crippen LogP contribution is 2.25. The normalized spacial score (nSPS) is 22.7. The highest BCUT2D eigenvalue weighted by Gasteiger charge is 2.17. The second kappa shape index (κ2) is 2.30. The molecule has 0 spiro atoms. The zero-order chi connectivity index (χ0) is 6.97. The highest BCUT2D eigenvalue weighted by molar-refractivity contribution is 14.1. The summed E-state index contributed by atoms with van der Waals surface area (Å²) in [5.41, 5.74) is 1.97. The number of aromatic nitrogens is 3. The van der Waals surface area contributed by atoms with Gasteiger partial charge in [-0.2, -0.15) is 0 Å². The van der Waals surface area contributed by atoms with Crippen LogP contribution in [0.15, 0.2) is 4.99 Å². The maximum Gasteiger partial charge on any atom is 0.106 e. The molecule has 1 aromatic heterocycles. The second-order valence-electron chi connectivity index (χ2n) is 2.07. The van der Waals surface area contributed by atoms with Crippen molar-refractivity contribution in [3.63, 3.8) is 0 Å². The summed E-state index contributed by atoms with van der Waals surface area (Å²) < 4.78 is 0.386. The van der Waals surface area contributed by atoms with E-state index < -0.39 is 0 Å². The monoisotopic (exact) mass is 248 g/mol. The molecule has 0 amide bonds. The van der Waals surface area contributed by atoms with Crippen molar-refractivity contribution >= 4 is 28.8 Å². The Kier molecular flexibility index (Phi) is 1.44. The quantitative estimate of drug-likeness (QED) is 0.543. The first-order valence-corrected chi connectivity index (χ1v) is 4.17. The van der Waals surface area contributed by atoms with Gasteiger partial charge in [0.15, 0.2) is 0 Å². The first kappa shape index (κ1) is 6.26. The Hall–Kier alpha value is -0.460. The van der Waals surface area contributed by atoms with E-state index in [1.165, 1.54) is 0 Å². The van der Waals surface area contributed by atoms with Crippen molar-refractivity contribution in [3.8, 4) is 0 Å². The van der Waals surface area contributed by atoms with Crippen LogP contribution in [0.2, 0.25) is 0 Å². The lowest BCUT2D eigenvalue weighted by atomic mass is 10.2. The lowest BCUT2D eigenvalue weighted by molar-refractivity contribution is 0.881. The van der Waals surface area contributed by atoms with Gasteiger partial charge in [0.2, 0.25) is 0 Å². The van der Waals surface area contributed by atoms with Gasteiger partial charge in [-0.3, -0.25) is 10.1 Å². The number of halogens is 1. The van der Waals surface area contributed by atoms with E-state index in [2.05, 4.69) is 43.0 Å². The van der Waals surface area contributed by atoms with E-state index in [0.717, 1.165) is 17.9 Å². The maximum absolute atomic E-state index is 4.13. The van der Waals surface area contributed by atoms with E-state index >= 15 is 0 Å². The lowest BCUT2D eigenvalue weighted by Crippen LogP contribution is -2.04. The molecule has 1 aliphatic rings. The van der Waals surface area contributed by atoms with Crippen LogP contribution in [0.3, 0.4) is 0 Å². The Labute approximate surface area is 71.3 Å². The molecular formula is C5H5IN4. The van der Waals surface area contributed by atoms with Crippen LogP contribution in [-0.4, -0.2) is 28.2 Å². The molecule has 1 aromatic rings. The third-order valence-corrected chi connectivity index (χ3v) is 2.37. The number of hydrogen-bond donors (Lipinski definition) is 1. The average molecular weight is 248 g/mol. The molecule has 0 aromatic carbocycles. The smallest absolute Gasteiger partial charge is 0.106 e. The lowest BCUT2D eigenvalue weighted by Gasteiger charge is -2.06. The predicted molar refractivity (Wildman–Crippen MR) is 45.6 cm³/mol. The number of nitrogens with one attached hydrogen (secondary N) is 1. The maximum atomic E-state index is 4.13. The first-order valence-electron chi connectivity index (χ1n) is 2.93. The largest absolute Gasteiger partial charge is 0.289 e. The van der Waals surface area contributed by atoms with Crippen LogP contribution in [-0.2, 0) is 0 Å². The topological polar surface area (TPSA) is 53.9 Å². The number of fused-ring (bicyclic) bond motifs is 1. The molecule has 2 heterocycles. The van der Waals surface area contributed by atoms with Gasteiger partial charge in [0.1, 0.15) is 11.4 Å². The van der Waals surface area contributed by atoms with E-state index in [1.807, 2.05) is 0 Å². The molecule has 1 N–H and O–H groups in total. The second-order valence-corrected chi connectivity index (χ2v) is 3.58. The third kappa shape index (κ3) is 0.845. The van der Waals surface area contributed by atoms with Crippen LogP contribution in [0.5, 0.6) is 0 Å². The first-order chi connectivity index (χ1) is 4.88. The van der Waals surface area contributed by atoms with Crippen LogP contribution in [0.1, 0.15) is 15.3 Å². The summed E-state index contributed by atoms with van der Waals surface area (Å²) in [5.74, 6) is 0. The van der Waals surface area contributed by atoms with E-state index in [4.69, 9.17) is 0 Å². The number of H-pyrrole nitrogens is 1. The van der Waals surface area contributed by atoms with Crippen molar-refractivity contribution in [1.82, 2.24) is 15.4 Å². The molecular weight excluding hydrogens is 243 g/mol. The Morgan fingerprint density at radius 2 is 2.60 bits per heavy atom. The van der Waals surface area contributed by atoms with E-state index in [1.54, 1.807) is 6.21 Å². The number of nitrogens with zero attached hydrogens (tertiary/aromatic N) is 3. The molecule has 4 nitrogen and oxygen atoms in total. The fourth-order valence-electron chi connectivity index (χ4n) is 0.893. The zero-order valence-electron chi connectivity index (χ0n) is 5.08. The van der Waals surface area contributed by atoms with Crippen LogP contribution in [0.25, 0.3) is 0 Å². The van der Waals surface area contributed by atoms with Gasteiger partial charge in [-0.15, -0.1) is 5.10 Å². The van der Waals surface area contributed by atoms with Crippen molar-refractivity contribution in [1.29, 1.82) is 0 Å². The van der Waals surface area contributed by atoms with E-state index in [-0.39, 0.29) is 0 Å². The molecule has 52 valence electrons. The number of aromatic amines is 1. The fourth-order valence-corrected chi connectivity index (χ4v) is 1.58. The minimum atomic E-state index is 0.386. The van der Waals surface area contributed by atoms with Gasteiger partial charge in [0.25, 0.3) is 0 Å². The molecule has 1 atom stereocenters. The number of rotatable bonds is 0. The molecule has 2 rings (SSSR count). The van der Waals surface area contributed by atoms with E-state index in [9.17, 15) is 0 Å². The number of aliphatic imine (C=N–C) groups is 1. The third-order valence-electron chi connectivity index (χ3n) is 1.39. The summed E-state index contributed by atoms with van der Waals surface area (Å²) in [4.78, 5) is 4.13. The van der Waals surface area contributed by atoms with Crippen LogP contribution in [0, 0.1) is 0 Å². The van der Waals surface area contributed by atoms with Gasteiger partial charge >= 0.3 is 0 Å².